The fraction of sp³-hybridized carbons (Fsp3) is 0.818. The van der Waals surface area contributed by atoms with Crippen molar-refractivity contribution in [1.29, 1.82) is 0 Å². The summed E-state index contributed by atoms with van der Waals surface area (Å²) in [6.45, 7) is 4.17. The van der Waals surface area contributed by atoms with Crippen LogP contribution < -0.4 is 11.1 Å². The Hall–Kier alpha value is -0.290. The van der Waals surface area contributed by atoms with Crippen molar-refractivity contribution in [3.63, 3.8) is 0 Å². The molecule has 1 atom stereocenters. The summed E-state index contributed by atoms with van der Waals surface area (Å²) in [5, 5.41) is 3.00. The lowest BCUT2D eigenvalue weighted by molar-refractivity contribution is -0.124. The lowest BCUT2D eigenvalue weighted by atomic mass is 10.1. The predicted molar refractivity (Wildman–Crippen MR) is 73.7 cm³/mol. The number of thiocarbonyl (C=S) groups is 1. The molecule has 0 aromatic heterocycles. The lowest BCUT2D eigenvalue weighted by Crippen LogP contribution is -2.43. The number of hydrogen-bond acceptors (Lipinski definition) is 3. The topological polar surface area (TPSA) is 55.1 Å². The van der Waals surface area contributed by atoms with Gasteiger partial charge >= 0.3 is 0 Å². The maximum Gasteiger partial charge on any atom is 0.233 e. The second kappa shape index (κ2) is 5.87. The Bertz CT molecular complexity index is 277. The molecular weight excluding hydrogens is 240 g/mol. The molecule has 5 heteroatoms. The first-order chi connectivity index (χ1) is 7.53. The summed E-state index contributed by atoms with van der Waals surface area (Å²) in [4.78, 5) is 12.3. The maximum atomic E-state index is 11.9. The Morgan fingerprint density at radius 3 is 2.69 bits per heavy atom. The third-order valence-electron chi connectivity index (χ3n) is 2.93. The molecule has 1 amide bonds. The number of hydrogen-bond donors (Lipinski definition) is 2. The van der Waals surface area contributed by atoms with Crippen molar-refractivity contribution in [3.8, 4) is 0 Å². The van der Waals surface area contributed by atoms with Crippen LogP contribution in [0.2, 0.25) is 0 Å². The second-order valence-electron chi connectivity index (χ2n) is 4.31. The van der Waals surface area contributed by atoms with Crippen LogP contribution in [-0.2, 0) is 4.79 Å². The molecule has 3 nitrogen and oxygen atoms in total. The Morgan fingerprint density at radius 2 is 2.25 bits per heavy atom. The molecule has 0 aromatic carbocycles. The van der Waals surface area contributed by atoms with E-state index in [-0.39, 0.29) is 11.9 Å². The second-order valence-corrected chi connectivity index (χ2v) is 6.14. The van der Waals surface area contributed by atoms with E-state index in [0.717, 1.165) is 30.8 Å². The number of rotatable bonds is 7. The lowest BCUT2D eigenvalue weighted by Gasteiger charge is -2.18. The molecule has 0 saturated heterocycles. The van der Waals surface area contributed by atoms with Crippen LogP contribution in [-0.4, -0.2) is 28.4 Å². The minimum Gasteiger partial charge on any atom is -0.392 e. The predicted octanol–water partition coefficient (Wildman–Crippen LogP) is 1.70. The number of carbonyl (C=O) groups is 1. The van der Waals surface area contributed by atoms with Crippen LogP contribution in [0.25, 0.3) is 0 Å². The molecule has 0 aromatic rings. The van der Waals surface area contributed by atoms with Crippen molar-refractivity contribution in [2.24, 2.45) is 11.1 Å². The van der Waals surface area contributed by atoms with Crippen LogP contribution >= 0.6 is 24.0 Å². The van der Waals surface area contributed by atoms with Crippen molar-refractivity contribution in [3.05, 3.63) is 0 Å². The zero-order valence-corrected chi connectivity index (χ0v) is 11.5. The quantitative estimate of drug-likeness (QED) is 0.540. The van der Waals surface area contributed by atoms with Gasteiger partial charge < -0.3 is 11.1 Å². The number of amides is 1. The molecule has 1 fully saturated rings. The van der Waals surface area contributed by atoms with Gasteiger partial charge in [0.05, 0.1) is 10.4 Å². The first-order valence-electron chi connectivity index (χ1n) is 5.71. The smallest absolute Gasteiger partial charge is 0.233 e. The van der Waals surface area contributed by atoms with E-state index >= 15 is 0 Å². The van der Waals surface area contributed by atoms with Gasteiger partial charge in [-0.2, -0.15) is 11.8 Å². The summed E-state index contributed by atoms with van der Waals surface area (Å²) in [6.07, 6.45) is 2.62. The summed E-state index contributed by atoms with van der Waals surface area (Å²) in [6, 6.07) is 0.207. The molecule has 0 bridgehead atoms. The minimum absolute atomic E-state index is 0.0222. The van der Waals surface area contributed by atoms with Crippen molar-refractivity contribution < 1.29 is 4.79 Å². The molecule has 3 N–H and O–H groups in total. The molecule has 16 heavy (non-hydrogen) atoms. The zero-order chi connectivity index (χ0) is 12.2. The Balaban J connectivity index is 2.31. The van der Waals surface area contributed by atoms with E-state index in [1.54, 1.807) is 0 Å². The van der Waals surface area contributed by atoms with Crippen LogP contribution in [0.15, 0.2) is 0 Å². The molecule has 1 aliphatic rings. The van der Waals surface area contributed by atoms with Gasteiger partial charge in [0.2, 0.25) is 5.91 Å². The molecule has 0 aliphatic heterocycles. The Labute approximate surface area is 107 Å². The van der Waals surface area contributed by atoms with Gasteiger partial charge in [-0.15, -0.1) is 0 Å². The molecule has 0 heterocycles. The van der Waals surface area contributed by atoms with Gasteiger partial charge in [-0.05, 0) is 37.7 Å². The highest BCUT2D eigenvalue weighted by molar-refractivity contribution is 7.99. The van der Waals surface area contributed by atoms with Crippen LogP contribution in [0.4, 0.5) is 0 Å². The summed E-state index contributed by atoms with van der Waals surface area (Å²) < 4.78 is 0. The average Bonchev–Trinajstić information content (AvgIpc) is 2.98. The molecule has 0 spiro atoms. The normalized spacial score (nSPS) is 18.9. The molecule has 1 rings (SSSR count). The minimum atomic E-state index is -0.512. The van der Waals surface area contributed by atoms with E-state index in [1.807, 2.05) is 18.7 Å². The van der Waals surface area contributed by atoms with Gasteiger partial charge in [-0.3, -0.25) is 4.79 Å². The van der Waals surface area contributed by atoms with Gasteiger partial charge in [-0.1, -0.05) is 19.1 Å². The summed E-state index contributed by atoms with van der Waals surface area (Å²) in [5.41, 5.74) is 5.09. The standard InChI is InChI=1S/C11H20N2OS2/c1-3-16-7-4-8(2)13-10(14)11(5-6-11)9(12)15/h8H,3-7H2,1-2H3,(H2,12,15)(H,13,14). The summed E-state index contributed by atoms with van der Waals surface area (Å²) in [7, 11) is 0. The van der Waals surface area contributed by atoms with E-state index < -0.39 is 5.41 Å². The van der Waals surface area contributed by atoms with Crippen LogP contribution in [0.3, 0.4) is 0 Å². The van der Waals surface area contributed by atoms with Crippen molar-refractivity contribution >= 4 is 34.9 Å². The highest BCUT2D eigenvalue weighted by Crippen LogP contribution is 2.46. The van der Waals surface area contributed by atoms with Gasteiger partial charge in [0, 0.05) is 6.04 Å². The van der Waals surface area contributed by atoms with Gasteiger partial charge in [0.25, 0.3) is 0 Å². The first kappa shape index (κ1) is 13.8. The van der Waals surface area contributed by atoms with E-state index in [9.17, 15) is 4.79 Å². The number of thioether (sulfide) groups is 1. The Morgan fingerprint density at radius 1 is 1.62 bits per heavy atom. The van der Waals surface area contributed by atoms with Crippen LogP contribution in [0, 0.1) is 5.41 Å². The molecular formula is C11H20N2OS2. The third-order valence-corrected chi connectivity index (χ3v) is 4.26. The number of carbonyl (C=O) groups excluding carboxylic acids is 1. The van der Waals surface area contributed by atoms with E-state index in [1.165, 1.54) is 0 Å². The number of nitrogens with two attached hydrogens (primary N) is 1. The molecule has 1 aliphatic carbocycles. The van der Waals surface area contributed by atoms with Crippen LogP contribution in [0.1, 0.15) is 33.1 Å². The van der Waals surface area contributed by atoms with Crippen molar-refractivity contribution in [2.45, 2.75) is 39.2 Å². The van der Waals surface area contributed by atoms with Gasteiger partial charge in [0.1, 0.15) is 0 Å². The maximum absolute atomic E-state index is 11.9. The van der Waals surface area contributed by atoms with Gasteiger partial charge in [-0.25, -0.2) is 0 Å². The van der Waals surface area contributed by atoms with Crippen molar-refractivity contribution in [2.75, 3.05) is 11.5 Å². The highest BCUT2D eigenvalue weighted by atomic mass is 32.2. The van der Waals surface area contributed by atoms with Crippen LogP contribution in [0.5, 0.6) is 0 Å². The Kier molecular flexibility index (Phi) is 5.05. The van der Waals surface area contributed by atoms with E-state index in [0.29, 0.717) is 4.99 Å². The third kappa shape index (κ3) is 3.35. The monoisotopic (exact) mass is 260 g/mol. The number of nitrogens with one attached hydrogen (secondary N) is 1. The molecule has 0 radical (unpaired) electrons. The summed E-state index contributed by atoms with van der Waals surface area (Å²) in [5.74, 6) is 2.23. The molecule has 92 valence electrons. The average molecular weight is 260 g/mol. The largest absolute Gasteiger partial charge is 0.392 e. The fourth-order valence-electron chi connectivity index (χ4n) is 1.55. The van der Waals surface area contributed by atoms with E-state index in [2.05, 4.69) is 12.2 Å². The zero-order valence-electron chi connectivity index (χ0n) is 9.91. The van der Waals surface area contributed by atoms with Gasteiger partial charge in [0.15, 0.2) is 0 Å². The molecule has 1 unspecified atom stereocenters. The SMILES string of the molecule is CCSCCC(C)NC(=O)C1(C(N)=S)CC1. The fourth-order valence-corrected chi connectivity index (χ4v) is 2.65. The highest BCUT2D eigenvalue weighted by Gasteiger charge is 2.52. The van der Waals surface area contributed by atoms with Crippen molar-refractivity contribution in [1.82, 2.24) is 5.32 Å². The molecule has 1 saturated carbocycles. The summed E-state index contributed by atoms with van der Waals surface area (Å²) >= 11 is 6.83. The van der Waals surface area contributed by atoms with E-state index in [4.69, 9.17) is 18.0 Å². The first-order valence-corrected chi connectivity index (χ1v) is 7.28.